The summed E-state index contributed by atoms with van der Waals surface area (Å²) in [6.45, 7) is 0.707. The molecule has 0 bridgehead atoms. The molecule has 0 aliphatic carbocycles. The fraction of sp³-hybridized carbons (Fsp3) is 0.300. The van der Waals surface area contributed by atoms with Crippen LogP contribution in [0.3, 0.4) is 0 Å². The van der Waals surface area contributed by atoms with Gasteiger partial charge in [-0.25, -0.2) is 9.97 Å². The molecule has 0 atom stereocenters. The third kappa shape index (κ3) is 3.16. The molecule has 0 aromatic carbocycles. The maximum Gasteiger partial charge on any atom is 0.232 e. The SMILES string of the molecule is COc1nc(NCCc2ncc[nH]2)ncc1Br. The van der Waals surface area contributed by atoms with E-state index in [0.29, 0.717) is 18.4 Å². The second kappa shape index (κ2) is 5.62. The number of H-pyrrole nitrogens is 1. The van der Waals surface area contributed by atoms with E-state index in [2.05, 4.69) is 41.2 Å². The lowest BCUT2D eigenvalue weighted by atomic mass is 10.4. The number of methoxy groups -OCH3 is 1. The van der Waals surface area contributed by atoms with Gasteiger partial charge in [-0.1, -0.05) is 0 Å². The average molecular weight is 298 g/mol. The summed E-state index contributed by atoms with van der Waals surface area (Å²) >= 11 is 3.30. The van der Waals surface area contributed by atoms with Crippen molar-refractivity contribution in [1.82, 2.24) is 19.9 Å². The monoisotopic (exact) mass is 297 g/mol. The van der Waals surface area contributed by atoms with Crippen LogP contribution in [0.4, 0.5) is 5.95 Å². The van der Waals surface area contributed by atoms with Gasteiger partial charge in [-0.3, -0.25) is 0 Å². The Morgan fingerprint density at radius 2 is 2.35 bits per heavy atom. The Morgan fingerprint density at radius 3 is 3.06 bits per heavy atom. The molecule has 2 aromatic heterocycles. The van der Waals surface area contributed by atoms with Gasteiger partial charge in [-0.2, -0.15) is 4.98 Å². The van der Waals surface area contributed by atoms with Crippen LogP contribution in [0.1, 0.15) is 5.82 Å². The number of aromatic amines is 1. The number of rotatable bonds is 5. The van der Waals surface area contributed by atoms with E-state index in [1.54, 1.807) is 25.7 Å². The molecule has 7 heteroatoms. The molecule has 0 aliphatic heterocycles. The number of hydrogen-bond acceptors (Lipinski definition) is 5. The van der Waals surface area contributed by atoms with Crippen LogP contribution in [0.2, 0.25) is 0 Å². The molecule has 2 aromatic rings. The van der Waals surface area contributed by atoms with Gasteiger partial charge in [0, 0.05) is 25.4 Å². The number of nitrogens with one attached hydrogen (secondary N) is 2. The zero-order valence-corrected chi connectivity index (χ0v) is 10.9. The number of aromatic nitrogens is 4. The lowest BCUT2D eigenvalue weighted by Gasteiger charge is -2.06. The number of hydrogen-bond donors (Lipinski definition) is 2. The third-order valence-corrected chi connectivity index (χ3v) is 2.65. The summed E-state index contributed by atoms with van der Waals surface area (Å²) in [5, 5.41) is 3.10. The summed E-state index contributed by atoms with van der Waals surface area (Å²) in [7, 11) is 1.57. The van der Waals surface area contributed by atoms with E-state index in [1.165, 1.54) is 0 Å². The first-order valence-electron chi connectivity index (χ1n) is 5.08. The van der Waals surface area contributed by atoms with Crippen LogP contribution in [0.15, 0.2) is 23.1 Å². The molecule has 0 aliphatic rings. The van der Waals surface area contributed by atoms with Crippen LogP contribution in [0.5, 0.6) is 5.88 Å². The summed E-state index contributed by atoms with van der Waals surface area (Å²) in [4.78, 5) is 15.5. The van der Waals surface area contributed by atoms with Crippen molar-refractivity contribution in [2.24, 2.45) is 0 Å². The molecule has 2 N–H and O–H groups in total. The van der Waals surface area contributed by atoms with Gasteiger partial charge in [0.1, 0.15) is 5.82 Å². The van der Waals surface area contributed by atoms with Crippen LogP contribution in [-0.2, 0) is 6.42 Å². The number of ether oxygens (including phenoxy) is 1. The molecule has 0 spiro atoms. The summed E-state index contributed by atoms with van der Waals surface area (Å²) in [5.41, 5.74) is 0. The Hall–Kier alpha value is -1.63. The fourth-order valence-corrected chi connectivity index (χ4v) is 1.66. The van der Waals surface area contributed by atoms with E-state index >= 15 is 0 Å². The minimum absolute atomic E-state index is 0.514. The summed E-state index contributed by atoms with van der Waals surface area (Å²) < 4.78 is 5.81. The van der Waals surface area contributed by atoms with Crippen molar-refractivity contribution in [3.63, 3.8) is 0 Å². The van der Waals surface area contributed by atoms with Gasteiger partial charge >= 0.3 is 0 Å². The standard InChI is InChI=1S/C10H12BrN5O/c1-17-9-7(11)6-15-10(16-9)14-3-2-8-12-4-5-13-8/h4-6H,2-3H2,1H3,(H,12,13)(H,14,15,16). The molecule has 6 nitrogen and oxygen atoms in total. The van der Waals surface area contributed by atoms with Gasteiger partial charge in [0.05, 0.1) is 17.8 Å². The highest BCUT2D eigenvalue weighted by Crippen LogP contribution is 2.21. The molecule has 0 saturated heterocycles. The van der Waals surface area contributed by atoms with E-state index in [1.807, 2.05) is 0 Å². The van der Waals surface area contributed by atoms with Gasteiger partial charge in [-0.05, 0) is 15.9 Å². The lowest BCUT2D eigenvalue weighted by Crippen LogP contribution is -2.09. The van der Waals surface area contributed by atoms with Crippen LogP contribution in [-0.4, -0.2) is 33.6 Å². The Morgan fingerprint density at radius 1 is 1.47 bits per heavy atom. The Bertz CT molecular complexity index is 474. The van der Waals surface area contributed by atoms with Crippen LogP contribution < -0.4 is 10.1 Å². The number of nitrogens with zero attached hydrogens (tertiary/aromatic N) is 3. The Labute approximate surface area is 107 Å². The first kappa shape index (κ1) is 11.8. The molecule has 2 rings (SSSR count). The maximum absolute atomic E-state index is 5.08. The van der Waals surface area contributed by atoms with E-state index in [4.69, 9.17) is 4.74 Å². The fourth-order valence-electron chi connectivity index (χ4n) is 1.31. The number of halogens is 1. The predicted octanol–water partition coefficient (Wildman–Crippen LogP) is 1.63. The first-order valence-corrected chi connectivity index (χ1v) is 5.87. The first-order chi connectivity index (χ1) is 8.29. The third-order valence-electron chi connectivity index (χ3n) is 2.11. The van der Waals surface area contributed by atoms with Crippen molar-refractivity contribution < 1.29 is 4.74 Å². The van der Waals surface area contributed by atoms with Crippen molar-refractivity contribution in [2.45, 2.75) is 6.42 Å². The van der Waals surface area contributed by atoms with Gasteiger partial charge in [0.15, 0.2) is 0 Å². The molecule has 90 valence electrons. The van der Waals surface area contributed by atoms with Crippen LogP contribution in [0.25, 0.3) is 0 Å². The topological polar surface area (TPSA) is 75.7 Å². The van der Waals surface area contributed by atoms with E-state index in [-0.39, 0.29) is 0 Å². The van der Waals surface area contributed by atoms with Crippen LogP contribution in [0, 0.1) is 0 Å². The summed E-state index contributed by atoms with van der Waals surface area (Å²) in [6.07, 6.45) is 5.97. The second-order valence-electron chi connectivity index (χ2n) is 3.26. The highest BCUT2D eigenvalue weighted by atomic mass is 79.9. The zero-order chi connectivity index (χ0) is 12.1. The normalized spacial score (nSPS) is 10.2. The molecule has 2 heterocycles. The van der Waals surface area contributed by atoms with Crippen molar-refractivity contribution in [1.29, 1.82) is 0 Å². The molecule has 0 fully saturated rings. The minimum Gasteiger partial charge on any atom is -0.480 e. The summed E-state index contributed by atoms with van der Waals surface area (Å²) in [6, 6.07) is 0. The predicted molar refractivity (Wildman–Crippen MR) is 67.1 cm³/mol. The van der Waals surface area contributed by atoms with Crippen LogP contribution >= 0.6 is 15.9 Å². The Kier molecular flexibility index (Phi) is 3.92. The van der Waals surface area contributed by atoms with Gasteiger partial charge in [-0.15, -0.1) is 0 Å². The van der Waals surface area contributed by atoms with Crippen molar-refractivity contribution >= 4 is 21.9 Å². The van der Waals surface area contributed by atoms with Gasteiger partial charge < -0.3 is 15.0 Å². The molecular weight excluding hydrogens is 286 g/mol. The number of imidazole rings is 1. The zero-order valence-electron chi connectivity index (χ0n) is 9.27. The highest BCUT2D eigenvalue weighted by molar-refractivity contribution is 9.10. The molecule has 0 unspecified atom stereocenters. The van der Waals surface area contributed by atoms with Crippen molar-refractivity contribution in [3.8, 4) is 5.88 Å². The molecular formula is C10H12BrN5O. The highest BCUT2D eigenvalue weighted by Gasteiger charge is 2.04. The van der Waals surface area contributed by atoms with Crippen molar-refractivity contribution in [3.05, 3.63) is 28.9 Å². The minimum atomic E-state index is 0.514. The maximum atomic E-state index is 5.08. The molecule has 0 saturated carbocycles. The lowest BCUT2D eigenvalue weighted by molar-refractivity contribution is 0.394. The summed E-state index contributed by atoms with van der Waals surface area (Å²) in [5.74, 6) is 1.98. The van der Waals surface area contributed by atoms with E-state index in [9.17, 15) is 0 Å². The molecule has 0 amide bonds. The second-order valence-corrected chi connectivity index (χ2v) is 4.12. The smallest absolute Gasteiger partial charge is 0.232 e. The molecule has 17 heavy (non-hydrogen) atoms. The average Bonchev–Trinajstić information content (AvgIpc) is 2.84. The Balaban J connectivity index is 1.90. The van der Waals surface area contributed by atoms with Gasteiger partial charge in [0.2, 0.25) is 11.8 Å². The van der Waals surface area contributed by atoms with E-state index in [0.717, 1.165) is 16.7 Å². The quantitative estimate of drug-likeness (QED) is 0.877. The molecule has 0 radical (unpaired) electrons. The largest absolute Gasteiger partial charge is 0.480 e. The number of anilines is 1. The van der Waals surface area contributed by atoms with Gasteiger partial charge in [0.25, 0.3) is 0 Å². The van der Waals surface area contributed by atoms with Crippen molar-refractivity contribution in [2.75, 3.05) is 19.0 Å². The van der Waals surface area contributed by atoms with E-state index < -0.39 is 0 Å².